The topological polar surface area (TPSA) is 77.2 Å². The van der Waals surface area contributed by atoms with Crippen molar-refractivity contribution in [3.05, 3.63) is 35.3 Å². The van der Waals surface area contributed by atoms with Crippen LogP contribution in [0.4, 0.5) is 10.8 Å². The minimum absolute atomic E-state index is 0.107. The number of aromatic nitrogens is 1. The molecule has 6 heteroatoms. The first-order chi connectivity index (χ1) is 9.13. The Morgan fingerprint density at radius 2 is 2.16 bits per heavy atom. The summed E-state index contributed by atoms with van der Waals surface area (Å²) >= 11 is 1.45. The molecule has 0 unspecified atom stereocenters. The maximum absolute atomic E-state index is 11.6. The van der Waals surface area contributed by atoms with Crippen molar-refractivity contribution < 1.29 is 9.53 Å². The fraction of sp³-hybridized carbons (Fsp3) is 0.231. The average molecular weight is 277 g/mol. The van der Waals surface area contributed by atoms with Gasteiger partial charge in [0, 0.05) is 16.8 Å². The van der Waals surface area contributed by atoms with Gasteiger partial charge in [-0.25, -0.2) is 4.98 Å². The van der Waals surface area contributed by atoms with Gasteiger partial charge in [0.2, 0.25) is 5.91 Å². The Hall–Kier alpha value is -2.08. The van der Waals surface area contributed by atoms with Gasteiger partial charge in [-0.1, -0.05) is 0 Å². The smallest absolute Gasteiger partial charge is 0.229 e. The summed E-state index contributed by atoms with van der Waals surface area (Å²) in [7, 11) is 0. The van der Waals surface area contributed by atoms with Gasteiger partial charge in [-0.15, -0.1) is 11.3 Å². The van der Waals surface area contributed by atoms with E-state index in [4.69, 9.17) is 10.5 Å². The first-order valence-electron chi connectivity index (χ1n) is 5.84. The molecule has 0 saturated heterocycles. The molecule has 100 valence electrons. The van der Waals surface area contributed by atoms with Crippen LogP contribution in [0.25, 0.3) is 0 Å². The molecule has 0 aliphatic heterocycles. The van der Waals surface area contributed by atoms with Gasteiger partial charge in [-0.3, -0.25) is 4.79 Å². The van der Waals surface area contributed by atoms with Crippen LogP contribution >= 0.6 is 11.3 Å². The van der Waals surface area contributed by atoms with Crippen molar-refractivity contribution in [1.29, 1.82) is 0 Å². The summed E-state index contributed by atoms with van der Waals surface area (Å²) in [6.45, 7) is 2.26. The van der Waals surface area contributed by atoms with E-state index in [2.05, 4.69) is 10.3 Å². The van der Waals surface area contributed by atoms with E-state index >= 15 is 0 Å². The van der Waals surface area contributed by atoms with Crippen LogP contribution < -0.4 is 15.8 Å². The van der Waals surface area contributed by atoms with E-state index in [-0.39, 0.29) is 12.3 Å². The van der Waals surface area contributed by atoms with Crippen LogP contribution in [0.1, 0.15) is 11.3 Å². The molecule has 19 heavy (non-hydrogen) atoms. The number of nitrogens with zero attached hydrogens (tertiary/aromatic N) is 1. The Balaban J connectivity index is 1.73. The lowest BCUT2D eigenvalue weighted by atomic mass is 10.3. The number of hydrogen-bond acceptors (Lipinski definition) is 5. The van der Waals surface area contributed by atoms with Crippen molar-refractivity contribution in [1.82, 2.24) is 4.98 Å². The van der Waals surface area contributed by atoms with Gasteiger partial charge < -0.3 is 15.8 Å². The zero-order valence-corrected chi connectivity index (χ0v) is 11.4. The van der Waals surface area contributed by atoms with Crippen molar-refractivity contribution in [2.45, 2.75) is 13.3 Å². The minimum atomic E-state index is -0.107. The highest BCUT2D eigenvalue weighted by Gasteiger charge is 2.05. The lowest BCUT2D eigenvalue weighted by Crippen LogP contribution is -2.14. The van der Waals surface area contributed by atoms with Gasteiger partial charge in [0.1, 0.15) is 5.75 Å². The fourth-order valence-electron chi connectivity index (χ4n) is 1.42. The number of nitrogens with one attached hydrogen (secondary N) is 1. The average Bonchev–Trinajstić information content (AvgIpc) is 2.77. The van der Waals surface area contributed by atoms with Crippen molar-refractivity contribution in [3.63, 3.8) is 0 Å². The third-order valence-corrected chi connectivity index (χ3v) is 3.17. The summed E-state index contributed by atoms with van der Waals surface area (Å²) in [5, 5.41) is 3.35. The number of nitrogen functional groups attached to an aromatic ring is 1. The molecule has 0 radical (unpaired) electrons. The number of anilines is 2. The molecule has 0 aliphatic rings. The van der Waals surface area contributed by atoms with Crippen LogP contribution in [0.2, 0.25) is 0 Å². The zero-order valence-electron chi connectivity index (χ0n) is 10.6. The van der Waals surface area contributed by atoms with Crippen LogP contribution in [-0.4, -0.2) is 17.5 Å². The third-order valence-electron chi connectivity index (χ3n) is 2.35. The van der Waals surface area contributed by atoms with Crippen LogP contribution in [0.5, 0.6) is 5.75 Å². The number of carbonyl (C=O) groups is 1. The number of hydrogen-bond donors (Lipinski definition) is 2. The van der Waals surface area contributed by atoms with Gasteiger partial charge in [-0.05, 0) is 31.2 Å². The number of ether oxygens (including phenoxy) is 1. The van der Waals surface area contributed by atoms with Gasteiger partial charge in [0.25, 0.3) is 0 Å². The monoisotopic (exact) mass is 277 g/mol. The van der Waals surface area contributed by atoms with Gasteiger partial charge in [0.05, 0.1) is 13.0 Å². The van der Waals surface area contributed by atoms with Crippen LogP contribution in [-0.2, 0) is 4.79 Å². The molecule has 5 nitrogen and oxygen atoms in total. The van der Waals surface area contributed by atoms with Crippen molar-refractivity contribution in [2.24, 2.45) is 0 Å². The minimum Gasteiger partial charge on any atom is -0.493 e. The molecule has 1 aromatic heterocycles. The summed E-state index contributed by atoms with van der Waals surface area (Å²) in [6, 6.07) is 7.07. The summed E-state index contributed by atoms with van der Waals surface area (Å²) in [6.07, 6.45) is 2.01. The predicted octanol–water partition coefficient (Wildman–Crippen LogP) is 2.44. The molecule has 0 aliphatic carbocycles. The molecule has 1 amide bonds. The first-order valence-corrected chi connectivity index (χ1v) is 6.66. The molecular formula is C13H15N3O2S. The van der Waals surface area contributed by atoms with Gasteiger partial charge in [-0.2, -0.15) is 0 Å². The number of thiazole rings is 1. The van der Waals surface area contributed by atoms with Crippen LogP contribution in [0.15, 0.2) is 30.5 Å². The van der Waals surface area contributed by atoms with E-state index in [1.54, 1.807) is 30.5 Å². The second kappa shape index (κ2) is 6.19. The van der Waals surface area contributed by atoms with E-state index in [0.717, 1.165) is 4.88 Å². The number of carbonyl (C=O) groups excluding carboxylic acids is 1. The standard InChI is InChI=1S/C13H15N3O2S/c1-9-8-15-13(19-9)16-12(17)6-7-18-11-4-2-10(14)3-5-11/h2-5,8H,6-7,14H2,1H3,(H,15,16,17). The molecule has 2 aromatic rings. The van der Waals surface area contributed by atoms with Crippen LogP contribution in [0.3, 0.4) is 0 Å². The predicted molar refractivity (Wildman–Crippen MR) is 76.4 cm³/mol. The fourth-order valence-corrected chi connectivity index (χ4v) is 2.10. The van der Waals surface area contributed by atoms with Crippen molar-refractivity contribution in [2.75, 3.05) is 17.7 Å². The highest BCUT2D eigenvalue weighted by Crippen LogP contribution is 2.17. The third kappa shape index (κ3) is 4.26. The van der Waals surface area contributed by atoms with Gasteiger partial charge >= 0.3 is 0 Å². The zero-order chi connectivity index (χ0) is 13.7. The molecular weight excluding hydrogens is 262 g/mol. The summed E-state index contributed by atoms with van der Waals surface area (Å²) in [5.41, 5.74) is 6.25. The number of rotatable bonds is 5. The Kier molecular flexibility index (Phi) is 4.35. The molecule has 2 rings (SSSR count). The quantitative estimate of drug-likeness (QED) is 0.823. The molecule has 1 aromatic carbocycles. The van der Waals surface area contributed by atoms with E-state index in [1.807, 2.05) is 6.92 Å². The van der Waals surface area contributed by atoms with Gasteiger partial charge in [0.15, 0.2) is 5.13 Å². The Morgan fingerprint density at radius 1 is 1.42 bits per heavy atom. The summed E-state index contributed by atoms with van der Waals surface area (Å²) < 4.78 is 5.44. The number of benzene rings is 1. The summed E-state index contributed by atoms with van der Waals surface area (Å²) in [4.78, 5) is 16.7. The second-order valence-corrected chi connectivity index (χ2v) is 5.23. The SMILES string of the molecule is Cc1cnc(NC(=O)CCOc2ccc(N)cc2)s1. The van der Waals surface area contributed by atoms with E-state index in [0.29, 0.717) is 23.2 Å². The molecule has 0 fully saturated rings. The number of amides is 1. The number of aryl methyl sites for hydroxylation is 1. The highest BCUT2D eigenvalue weighted by atomic mass is 32.1. The Labute approximate surface area is 115 Å². The van der Waals surface area contributed by atoms with E-state index < -0.39 is 0 Å². The first kappa shape index (κ1) is 13.4. The molecule has 0 spiro atoms. The van der Waals surface area contributed by atoms with E-state index in [9.17, 15) is 4.79 Å². The maximum Gasteiger partial charge on any atom is 0.229 e. The summed E-state index contributed by atoms with van der Waals surface area (Å²) in [5.74, 6) is 0.594. The van der Waals surface area contributed by atoms with Crippen molar-refractivity contribution >= 4 is 28.1 Å². The lowest BCUT2D eigenvalue weighted by molar-refractivity contribution is -0.116. The Bertz CT molecular complexity index is 551. The molecule has 1 heterocycles. The van der Waals surface area contributed by atoms with E-state index in [1.165, 1.54) is 11.3 Å². The molecule has 0 bridgehead atoms. The van der Waals surface area contributed by atoms with Crippen LogP contribution in [0, 0.1) is 6.92 Å². The highest BCUT2D eigenvalue weighted by molar-refractivity contribution is 7.15. The molecule has 3 N–H and O–H groups in total. The van der Waals surface area contributed by atoms with Crippen molar-refractivity contribution in [3.8, 4) is 5.75 Å². The Morgan fingerprint density at radius 3 is 2.79 bits per heavy atom. The molecule has 0 saturated carbocycles. The lowest BCUT2D eigenvalue weighted by Gasteiger charge is -2.06. The molecule has 0 atom stereocenters. The number of nitrogens with two attached hydrogens (primary N) is 1. The second-order valence-electron chi connectivity index (χ2n) is 3.99. The normalized spacial score (nSPS) is 10.2. The maximum atomic E-state index is 11.6. The largest absolute Gasteiger partial charge is 0.493 e.